The lowest BCUT2D eigenvalue weighted by atomic mass is 10.2. The second-order valence-electron chi connectivity index (χ2n) is 5.81. The molecule has 22 heavy (non-hydrogen) atoms. The molecule has 7 heteroatoms. The number of hydrogen-bond acceptors (Lipinski definition) is 6. The van der Waals surface area contributed by atoms with Gasteiger partial charge in [-0.25, -0.2) is 4.98 Å². The highest BCUT2D eigenvalue weighted by atomic mass is 16.3. The van der Waals surface area contributed by atoms with E-state index in [4.69, 9.17) is 10.8 Å². The first-order chi connectivity index (χ1) is 10.5. The van der Waals surface area contributed by atoms with Gasteiger partial charge in [-0.2, -0.15) is 0 Å². The Hall–Kier alpha value is -2.02. The van der Waals surface area contributed by atoms with Gasteiger partial charge in [0.25, 0.3) is 0 Å². The first-order valence-corrected chi connectivity index (χ1v) is 7.52. The maximum absolute atomic E-state index is 12.3. The second-order valence-corrected chi connectivity index (χ2v) is 5.81. The lowest BCUT2D eigenvalue weighted by molar-refractivity contribution is -0.129. The zero-order chi connectivity index (χ0) is 16.3. The van der Waals surface area contributed by atoms with Crippen LogP contribution in [0.4, 0.5) is 17.3 Å². The molecule has 122 valence electrons. The van der Waals surface area contributed by atoms with Gasteiger partial charge in [-0.15, -0.1) is 0 Å². The first kappa shape index (κ1) is 16.4. The van der Waals surface area contributed by atoms with E-state index in [1.54, 1.807) is 25.1 Å². The molecule has 2 rings (SSSR count). The van der Waals surface area contributed by atoms with E-state index in [0.717, 1.165) is 25.2 Å². The number of amides is 1. The normalized spacial score (nSPS) is 17.6. The number of likely N-dealkylation sites (N-methyl/N-ethyl adjacent to an activating group) is 2. The number of pyridine rings is 1. The van der Waals surface area contributed by atoms with Crippen LogP contribution >= 0.6 is 0 Å². The Balaban J connectivity index is 2.28. The molecule has 2 heterocycles. The zero-order valence-corrected chi connectivity index (χ0v) is 13.5. The summed E-state index contributed by atoms with van der Waals surface area (Å²) >= 11 is 0. The van der Waals surface area contributed by atoms with E-state index in [2.05, 4.69) is 4.98 Å². The molecule has 1 fully saturated rings. The van der Waals surface area contributed by atoms with Gasteiger partial charge in [0.1, 0.15) is 11.9 Å². The average molecular weight is 307 g/mol. The van der Waals surface area contributed by atoms with Crippen LogP contribution in [0.3, 0.4) is 0 Å². The third-order valence-electron chi connectivity index (χ3n) is 3.96. The van der Waals surface area contributed by atoms with Crippen LogP contribution in [0.1, 0.15) is 12.8 Å². The van der Waals surface area contributed by atoms with Gasteiger partial charge >= 0.3 is 0 Å². The molecular weight excluding hydrogens is 282 g/mol. The van der Waals surface area contributed by atoms with Gasteiger partial charge in [-0.05, 0) is 25.0 Å². The van der Waals surface area contributed by atoms with Crippen LogP contribution in [0.25, 0.3) is 0 Å². The van der Waals surface area contributed by atoms with Gasteiger partial charge in [0.15, 0.2) is 5.82 Å². The van der Waals surface area contributed by atoms with Crippen LogP contribution in [-0.4, -0.2) is 67.8 Å². The van der Waals surface area contributed by atoms with E-state index in [1.165, 1.54) is 0 Å². The largest absolute Gasteiger partial charge is 0.396 e. The minimum absolute atomic E-state index is 0.0350. The van der Waals surface area contributed by atoms with Crippen molar-refractivity contribution in [2.45, 2.75) is 18.9 Å². The maximum Gasteiger partial charge on any atom is 0.244 e. The van der Waals surface area contributed by atoms with Crippen molar-refractivity contribution >= 4 is 23.2 Å². The van der Waals surface area contributed by atoms with E-state index in [1.807, 2.05) is 22.9 Å². The molecule has 1 aliphatic rings. The molecule has 1 unspecified atom stereocenters. The summed E-state index contributed by atoms with van der Waals surface area (Å²) in [6.07, 6.45) is 1.81. The molecule has 1 aliphatic heterocycles. The molecule has 3 N–H and O–H groups in total. The monoisotopic (exact) mass is 307 g/mol. The van der Waals surface area contributed by atoms with Crippen molar-refractivity contribution in [1.29, 1.82) is 0 Å². The highest BCUT2D eigenvalue weighted by Crippen LogP contribution is 2.29. The molecule has 1 aromatic rings. The summed E-state index contributed by atoms with van der Waals surface area (Å²) in [6.45, 7) is 1.30. The molecule has 0 radical (unpaired) electrons. The van der Waals surface area contributed by atoms with Crippen molar-refractivity contribution in [1.82, 2.24) is 9.88 Å². The standard InChI is InChI=1S/C15H25N5O2/c1-18(2)15(22)12-5-4-8-20(12)13-7-6-11(16)14(17-13)19(3)9-10-21/h6-7,12,21H,4-5,8-10,16H2,1-3H3. The molecule has 1 aromatic heterocycles. The molecule has 1 atom stereocenters. The Kier molecular flexibility index (Phi) is 5.07. The molecule has 0 bridgehead atoms. The summed E-state index contributed by atoms with van der Waals surface area (Å²) in [5, 5.41) is 9.07. The van der Waals surface area contributed by atoms with Crippen LogP contribution in [0.5, 0.6) is 0 Å². The number of carbonyl (C=O) groups excluding carboxylic acids is 1. The van der Waals surface area contributed by atoms with E-state index in [-0.39, 0.29) is 18.6 Å². The molecule has 0 saturated carbocycles. The van der Waals surface area contributed by atoms with Crippen LogP contribution in [0.15, 0.2) is 12.1 Å². The Morgan fingerprint density at radius 3 is 2.82 bits per heavy atom. The van der Waals surface area contributed by atoms with Crippen molar-refractivity contribution in [2.75, 3.05) is 56.4 Å². The maximum atomic E-state index is 12.3. The number of aliphatic hydroxyl groups is 1. The summed E-state index contributed by atoms with van der Waals surface area (Å²) in [5.41, 5.74) is 6.55. The number of nitrogens with two attached hydrogens (primary N) is 1. The number of nitrogen functional groups attached to an aromatic ring is 1. The molecule has 0 aromatic carbocycles. The first-order valence-electron chi connectivity index (χ1n) is 7.52. The lowest BCUT2D eigenvalue weighted by Crippen LogP contribution is -2.43. The zero-order valence-electron chi connectivity index (χ0n) is 13.5. The van der Waals surface area contributed by atoms with Gasteiger partial charge in [0.2, 0.25) is 5.91 Å². The predicted molar refractivity (Wildman–Crippen MR) is 88.1 cm³/mol. The lowest BCUT2D eigenvalue weighted by Gasteiger charge is -2.28. The van der Waals surface area contributed by atoms with Crippen molar-refractivity contribution in [3.05, 3.63) is 12.1 Å². The number of carbonyl (C=O) groups is 1. The van der Waals surface area contributed by atoms with Crippen molar-refractivity contribution in [2.24, 2.45) is 0 Å². The van der Waals surface area contributed by atoms with E-state index in [0.29, 0.717) is 18.1 Å². The average Bonchev–Trinajstić information content (AvgIpc) is 2.96. The highest BCUT2D eigenvalue weighted by molar-refractivity contribution is 5.85. The summed E-state index contributed by atoms with van der Waals surface area (Å²) in [4.78, 5) is 22.4. The van der Waals surface area contributed by atoms with Gasteiger partial charge < -0.3 is 25.5 Å². The van der Waals surface area contributed by atoms with Crippen LogP contribution in [-0.2, 0) is 4.79 Å². The Bertz CT molecular complexity index is 535. The number of aromatic nitrogens is 1. The van der Waals surface area contributed by atoms with Gasteiger partial charge in [-0.1, -0.05) is 0 Å². The summed E-state index contributed by atoms with van der Waals surface area (Å²) in [7, 11) is 5.39. The number of aliphatic hydroxyl groups excluding tert-OH is 1. The fourth-order valence-electron chi connectivity index (χ4n) is 2.77. The topological polar surface area (TPSA) is 85.9 Å². The minimum atomic E-state index is -0.165. The summed E-state index contributed by atoms with van der Waals surface area (Å²) in [5.74, 6) is 1.49. The number of anilines is 3. The predicted octanol–water partition coefficient (Wildman–Crippen LogP) is 0.149. The SMILES string of the molecule is CN(C)C(=O)C1CCCN1c1ccc(N)c(N(C)CCO)n1. The summed E-state index contributed by atoms with van der Waals surface area (Å²) < 4.78 is 0. The molecule has 1 amide bonds. The van der Waals surface area contributed by atoms with E-state index in [9.17, 15) is 4.79 Å². The third-order valence-corrected chi connectivity index (χ3v) is 3.96. The van der Waals surface area contributed by atoms with E-state index < -0.39 is 0 Å². The van der Waals surface area contributed by atoms with Gasteiger partial charge in [0, 0.05) is 34.2 Å². The fraction of sp³-hybridized carbons (Fsp3) is 0.600. The van der Waals surface area contributed by atoms with Gasteiger partial charge in [-0.3, -0.25) is 4.79 Å². The van der Waals surface area contributed by atoms with Crippen LogP contribution in [0.2, 0.25) is 0 Å². The second kappa shape index (κ2) is 6.83. The molecule has 7 nitrogen and oxygen atoms in total. The number of rotatable bonds is 5. The molecular formula is C15H25N5O2. The number of nitrogens with zero attached hydrogens (tertiary/aromatic N) is 4. The Labute approximate surface area is 131 Å². The van der Waals surface area contributed by atoms with Crippen molar-refractivity contribution in [3.8, 4) is 0 Å². The Morgan fingerprint density at radius 2 is 2.18 bits per heavy atom. The van der Waals surface area contributed by atoms with E-state index >= 15 is 0 Å². The van der Waals surface area contributed by atoms with Crippen molar-refractivity contribution in [3.63, 3.8) is 0 Å². The smallest absolute Gasteiger partial charge is 0.244 e. The molecule has 0 spiro atoms. The van der Waals surface area contributed by atoms with Crippen LogP contribution < -0.4 is 15.5 Å². The minimum Gasteiger partial charge on any atom is -0.396 e. The van der Waals surface area contributed by atoms with Gasteiger partial charge in [0.05, 0.1) is 12.3 Å². The number of hydrogen-bond donors (Lipinski definition) is 2. The Morgan fingerprint density at radius 1 is 1.45 bits per heavy atom. The highest BCUT2D eigenvalue weighted by Gasteiger charge is 2.32. The van der Waals surface area contributed by atoms with Crippen LogP contribution in [0, 0.1) is 0 Å². The quantitative estimate of drug-likeness (QED) is 0.805. The summed E-state index contributed by atoms with van der Waals surface area (Å²) in [6, 6.07) is 3.50. The molecule has 0 aliphatic carbocycles. The van der Waals surface area contributed by atoms with Crippen molar-refractivity contribution < 1.29 is 9.90 Å². The fourth-order valence-corrected chi connectivity index (χ4v) is 2.77. The third kappa shape index (κ3) is 3.24. The molecule has 1 saturated heterocycles.